The van der Waals surface area contributed by atoms with E-state index < -0.39 is 0 Å². The summed E-state index contributed by atoms with van der Waals surface area (Å²) in [6.45, 7) is 2.47. The van der Waals surface area contributed by atoms with Crippen LogP contribution >= 0.6 is 0 Å². The van der Waals surface area contributed by atoms with Crippen LogP contribution in [0.5, 0.6) is 0 Å². The Bertz CT molecular complexity index is 467. The Balaban J connectivity index is 2.05. The van der Waals surface area contributed by atoms with Gasteiger partial charge in [-0.05, 0) is 38.2 Å². The number of likely N-dealkylation sites (N-methyl/N-ethyl adjacent to an activating group) is 1. The number of aliphatic hydroxyl groups excluding tert-OH is 1. The lowest BCUT2D eigenvalue weighted by Crippen LogP contribution is -2.37. The van der Waals surface area contributed by atoms with Gasteiger partial charge in [-0.1, -0.05) is 12.1 Å². The highest BCUT2D eigenvalue weighted by molar-refractivity contribution is 5.32. The van der Waals surface area contributed by atoms with Gasteiger partial charge < -0.3 is 10.0 Å². The molecule has 102 valence electrons. The fourth-order valence-corrected chi connectivity index (χ4v) is 2.74. The quantitative estimate of drug-likeness (QED) is 0.878. The molecule has 0 bridgehead atoms. The molecule has 1 aliphatic heterocycles. The van der Waals surface area contributed by atoms with E-state index in [2.05, 4.69) is 30.0 Å². The van der Waals surface area contributed by atoms with Crippen molar-refractivity contribution in [1.29, 1.82) is 5.26 Å². The normalized spacial score (nSPS) is 23.7. The fraction of sp³-hybridized carbons (Fsp3) is 0.533. The van der Waals surface area contributed by atoms with Crippen molar-refractivity contribution in [2.24, 2.45) is 0 Å². The van der Waals surface area contributed by atoms with Gasteiger partial charge in [-0.25, -0.2) is 0 Å². The molecule has 19 heavy (non-hydrogen) atoms. The van der Waals surface area contributed by atoms with Crippen LogP contribution in [-0.2, 0) is 6.54 Å². The van der Waals surface area contributed by atoms with Crippen molar-refractivity contribution in [3.8, 4) is 6.07 Å². The average molecular weight is 259 g/mol. The van der Waals surface area contributed by atoms with Crippen LogP contribution in [0.2, 0.25) is 0 Å². The summed E-state index contributed by atoms with van der Waals surface area (Å²) in [7, 11) is 4.11. The number of aliphatic hydroxyl groups is 1. The lowest BCUT2D eigenvalue weighted by atomic mass is 10.1. The van der Waals surface area contributed by atoms with Gasteiger partial charge in [-0.2, -0.15) is 5.26 Å². The lowest BCUT2D eigenvalue weighted by Gasteiger charge is -2.26. The maximum absolute atomic E-state index is 9.85. The maximum atomic E-state index is 9.85. The third-order valence-corrected chi connectivity index (χ3v) is 3.52. The van der Waals surface area contributed by atoms with Gasteiger partial charge in [0.2, 0.25) is 0 Å². The third kappa shape index (κ3) is 3.77. The SMILES string of the molecule is CN(C)CC1CC(O)CN1Cc1cccc(C#N)c1. The van der Waals surface area contributed by atoms with Gasteiger partial charge in [0, 0.05) is 25.7 Å². The van der Waals surface area contributed by atoms with Crippen molar-refractivity contribution in [1.82, 2.24) is 9.80 Å². The molecule has 2 atom stereocenters. The van der Waals surface area contributed by atoms with Gasteiger partial charge in [0.15, 0.2) is 0 Å². The Morgan fingerprint density at radius 1 is 1.47 bits per heavy atom. The van der Waals surface area contributed by atoms with Crippen LogP contribution in [0.25, 0.3) is 0 Å². The zero-order chi connectivity index (χ0) is 13.8. The Hall–Kier alpha value is -1.41. The van der Waals surface area contributed by atoms with E-state index in [9.17, 15) is 5.11 Å². The molecule has 1 aromatic carbocycles. The molecule has 0 aliphatic carbocycles. The predicted molar refractivity (Wildman–Crippen MR) is 74.5 cm³/mol. The van der Waals surface area contributed by atoms with Crippen LogP contribution in [0.15, 0.2) is 24.3 Å². The molecular formula is C15H21N3O. The Morgan fingerprint density at radius 2 is 2.26 bits per heavy atom. The monoisotopic (exact) mass is 259 g/mol. The van der Waals surface area contributed by atoms with E-state index in [4.69, 9.17) is 5.26 Å². The van der Waals surface area contributed by atoms with Crippen molar-refractivity contribution in [2.45, 2.75) is 25.1 Å². The number of benzene rings is 1. The van der Waals surface area contributed by atoms with Crippen molar-refractivity contribution < 1.29 is 5.11 Å². The fourth-order valence-electron chi connectivity index (χ4n) is 2.74. The molecule has 1 saturated heterocycles. The molecule has 2 rings (SSSR count). The minimum atomic E-state index is -0.232. The summed E-state index contributed by atoms with van der Waals surface area (Å²) < 4.78 is 0. The molecule has 1 aliphatic rings. The van der Waals surface area contributed by atoms with Crippen LogP contribution in [0.4, 0.5) is 0 Å². The first-order valence-electron chi connectivity index (χ1n) is 6.64. The molecular weight excluding hydrogens is 238 g/mol. The van der Waals surface area contributed by atoms with Gasteiger partial charge in [0.25, 0.3) is 0 Å². The summed E-state index contributed by atoms with van der Waals surface area (Å²) in [6, 6.07) is 10.3. The summed E-state index contributed by atoms with van der Waals surface area (Å²) >= 11 is 0. The first-order chi connectivity index (χ1) is 9.08. The molecule has 0 amide bonds. The van der Waals surface area contributed by atoms with Crippen LogP contribution in [0, 0.1) is 11.3 Å². The number of hydrogen-bond acceptors (Lipinski definition) is 4. The first kappa shape index (κ1) is 14.0. The van der Waals surface area contributed by atoms with Gasteiger partial charge >= 0.3 is 0 Å². The average Bonchev–Trinajstić information content (AvgIpc) is 2.69. The summed E-state index contributed by atoms with van der Waals surface area (Å²) in [5.41, 5.74) is 1.83. The summed E-state index contributed by atoms with van der Waals surface area (Å²) in [6.07, 6.45) is 0.597. The van der Waals surface area contributed by atoms with Crippen molar-refractivity contribution in [3.63, 3.8) is 0 Å². The van der Waals surface area contributed by atoms with Gasteiger partial charge in [0.1, 0.15) is 0 Å². The second-order valence-corrected chi connectivity index (χ2v) is 5.55. The van der Waals surface area contributed by atoms with Crippen LogP contribution < -0.4 is 0 Å². The summed E-state index contributed by atoms with van der Waals surface area (Å²) in [5, 5.41) is 18.8. The molecule has 1 N–H and O–H groups in total. The topological polar surface area (TPSA) is 50.5 Å². The first-order valence-corrected chi connectivity index (χ1v) is 6.64. The predicted octanol–water partition coefficient (Wildman–Crippen LogP) is 1.06. The van der Waals surface area contributed by atoms with E-state index in [-0.39, 0.29) is 6.10 Å². The van der Waals surface area contributed by atoms with Crippen LogP contribution in [0.3, 0.4) is 0 Å². The highest BCUT2D eigenvalue weighted by Crippen LogP contribution is 2.21. The number of hydrogen-bond donors (Lipinski definition) is 1. The molecule has 0 radical (unpaired) electrons. The number of β-amino-alcohol motifs (C(OH)–C–C–N with tert-alkyl or cyclic N) is 1. The van der Waals surface area contributed by atoms with E-state index in [1.165, 1.54) is 0 Å². The zero-order valence-corrected chi connectivity index (χ0v) is 11.6. The number of likely N-dealkylation sites (tertiary alicyclic amines) is 1. The van der Waals surface area contributed by atoms with E-state index in [1.54, 1.807) is 0 Å². The molecule has 0 aromatic heterocycles. The van der Waals surface area contributed by atoms with Crippen molar-refractivity contribution >= 4 is 0 Å². The largest absolute Gasteiger partial charge is 0.392 e. The van der Waals surface area contributed by atoms with E-state index in [0.29, 0.717) is 11.6 Å². The molecule has 0 spiro atoms. The second-order valence-electron chi connectivity index (χ2n) is 5.55. The maximum Gasteiger partial charge on any atom is 0.0991 e. The van der Waals surface area contributed by atoms with E-state index >= 15 is 0 Å². The Morgan fingerprint density at radius 3 is 2.95 bits per heavy atom. The molecule has 4 heteroatoms. The highest BCUT2D eigenvalue weighted by atomic mass is 16.3. The van der Waals surface area contributed by atoms with Crippen molar-refractivity contribution in [2.75, 3.05) is 27.2 Å². The van der Waals surface area contributed by atoms with Crippen molar-refractivity contribution in [3.05, 3.63) is 35.4 Å². The van der Waals surface area contributed by atoms with E-state index in [1.807, 2.05) is 24.3 Å². The molecule has 0 saturated carbocycles. The van der Waals surface area contributed by atoms with Gasteiger partial charge in [0.05, 0.1) is 17.7 Å². The molecule has 4 nitrogen and oxygen atoms in total. The van der Waals surface area contributed by atoms with Crippen LogP contribution in [-0.4, -0.2) is 54.2 Å². The number of nitrogens with zero attached hydrogens (tertiary/aromatic N) is 3. The molecule has 2 unspecified atom stereocenters. The zero-order valence-electron chi connectivity index (χ0n) is 11.6. The lowest BCUT2D eigenvalue weighted by molar-refractivity contribution is 0.169. The summed E-state index contributed by atoms with van der Waals surface area (Å²) in [4.78, 5) is 4.46. The number of rotatable bonds is 4. The standard InChI is InChI=1S/C15H21N3O/c1-17(2)10-14-7-15(19)11-18(14)9-13-5-3-4-12(6-13)8-16/h3-6,14-15,19H,7,9-11H2,1-2H3. The van der Waals surface area contributed by atoms with Gasteiger partial charge in [-0.15, -0.1) is 0 Å². The van der Waals surface area contributed by atoms with Gasteiger partial charge in [-0.3, -0.25) is 4.90 Å². The Labute approximate surface area is 114 Å². The van der Waals surface area contributed by atoms with E-state index in [0.717, 1.165) is 31.6 Å². The molecule has 1 aromatic rings. The second kappa shape index (κ2) is 6.16. The Kier molecular flexibility index (Phi) is 4.54. The highest BCUT2D eigenvalue weighted by Gasteiger charge is 2.30. The number of nitriles is 1. The minimum absolute atomic E-state index is 0.232. The summed E-state index contributed by atoms with van der Waals surface area (Å²) in [5.74, 6) is 0. The molecule has 1 heterocycles. The molecule has 1 fully saturated rings. The third-order valence-electron chi connectivity index (χ3n) is 3.52. The smallest absolute Gasteiger partial charge is 0.0991 e. The minimum Gasteiger partial charge on any atom is -0.392 e. The van der Waals surface area contributed by atoms with Crippen LogP contribution in [0.1, 0.15) is 17.5 Å².